The van der Waals surface area contributed by atoms with E-state index in [4.69, 9.17) is 19.8 Å². The van der Waals surface area contributed by atoms with E-state index in [1.807, 2.05) is 0 Å². The third kappa shape index (κ3) is 31.4. The number of unbranched alkanes of at least 4 members (excludes halogenated alkanes) is 4. The molecule has 0 aliphatic carbocycles. The number of hydrogen-bond acceptors (Lipinski definition) is 4. The van der Waals surface area contributed by atoms with Gasteiger partial charge in [-0.1, -0.05) is 46.0 Å². The monoisotopic (exact) mass is 240 g/mol. The molecule has 0 radical (unpaired) electrons. The zero-order chi connectivity index (χ0) is 12.1. The van der Waals surface area contributed by atoms with Gasteiger partial charge in [-0.15, -0.1) is 0 Å². The summed E-state index contributed by atoms with van der Waals surface area (Å²) in [4.78, 5) is 21.7. The van der Waals surface area contributed by atoms with Crippen LogP contribution in [0.3, 0.4) is 0 Å². The summed E-state index contributed by atoms with van der Waals surface area (Å²) in [7, 11) is -2.62. The molecule has 0 aliphatic rings. The van der Waals surface area contributed by atoms with Gasteiger partial charge in [-0.3, -0.25) is 0 Å². The second-order valence-electron chi connectivity index (χ2n) is 3.94. The lowest BCUT2D eigenvalue weighted by Crippen LogP contribution is -1.88. The van der Waals surface area contributed by atoms with Crippen LogP contribution < -0.4 is 0 Å². The summed E-state index contributed by atoms with van der Waals surface area (Å²) in [5.74, 6) is 0.854. The van der Waals surface area contributed by atoms with E-state index in [1.165, 1.54) is 32.1 Å². The van der Waals surface area contributed by atoms with Crippen LogP contribution in [-0.4, -0.2) is 26.4 Å². The first kappa shape index (κ1) is 17.7. The highest BCUT2D eigenvalue weighted by atomic mass is 31.2. The first-order valence-corrected chi connectivity index (χ1v) is 6.68. The fourth-order valence-corrected chi connectivity index (χ4v) is 1.19. The smallest absolute Gasteiger partial charge is 0.324 e. The molecule has 0 aromatic heterocycles. The molecule has 0 saturated carbocycles. The first-order chi connectivity index (χ1) is 7.00. The van der Waals surface area contributed by atoms with Crippen LogP contribution in [0, 0.1) is 5.92 Å². The van der Waals surface area contributed by atoms with Crippen LogP contribution in [0.2, 0.25) is 0 Å². The molecule has 4 N–H and O–H groups in total. The Labute approximate surface area is 94.0 Å². The van der Waals surface area contributed by atoms with Crippen molar-refractivity contribution in [3.8, 4) is 0 Å². The first-order valence-electron chi connectivity index (χ1n) is 5.48. The summed E-state index contributed by atoms with van der Waals surface area (Å²) in [6, 6.07) is 0. The Kier molecular flexibility index (Phi) is 16.8. The van der Waals surface area contributed by atoms with Gasteiger partial charge in [-0.05, 0) is 12.3 Å². The molecule has 0 aromatic rings. The molecule has 0 bridgehead atoms. The number of hydrogen-bond donors (Lipinski definition) is 4. The second kappa shape index (κ2) is 14.3. The summed E-state index contributed by atoms with van der Waals surface area (Å²) >= 11 is 0. The SMILES string of the molecule is CC(C)CCCCCCCO.OP(O)O. The predicted molar refractivity (Wildman–Crippen MR) is 63.2 cm³/mol. The number of rotatable bonds is 7. The van der Waals surface area contributed by atoms with Crippen molar-refractivity contribution in [1.29, 1.82) is 0 Å². The van der Waals surface area contributed by atoms with Gasteiger partial charge in [0.05, 0.1) is 0 Å². The Bertz CT molecular complexity index is 107. The minimum atomic E-state index is -2.62. The number of aliphatic hydroxyl groups excluding tert-OH is 1. The lowest BCUT2D eigenvalue weighted by atomic mass is 10.0. The van der Waals surface area contributed by atoms with Gasteiger partial charge in [0, 0.05) is 6.61 Å². The van der Waals surface area contributed by atoms with E-state index in [-0.39, 0.29) is 0 Å². The standard InChI is InChI=1S/C10H22O.H3O3P/c1-10(2)8-6-4-3-5-7-9-11;1-4(2)3/h10-11H,3-9H2,1-2H3;1-3H. The molecule has 5 heteroatoms. The van der Waals surface area contributed by atoms with E-state index in [0.717, 1.165) is 12.3 Å². The molecule has 0 spiro atoms. The van der Waals surface area contributed by atoms with Crippen LogP contribution >= 0.6 is 8.60 Å². The van der Waals surface area contributed by atoms with Crippen LogP contribution in [0.25, 0.3) is 0 Å². The summed E-state index contributed by atoms with van der Waals surface area (Å²) in [5, 5.41) is 8.51. The Morgan fingerprint density at radius 3 is 1.67 bits per heavy atom. The summed E-state index contributed by atoms with van der Waals surface area (Å²) in [6.07, 6.45) is 7.56. The van der Waals surface area contributed by atoms with E-state index in [2.05, 4.69) is 13.8 Å². The molecule has 15 heavy (non-hydrogen) atoms. The second-order valence-corrected chi connectivity index (χ2v) is 4.48. The minimum absolute atomic E-state index is 0.365. The Hall–Kier alpha value is 0.270. The van der Waals surface area contributed by atoms with Gasteiger partial charge >= 0.3 is 8.60 Å². The van der Waals surface area contributed by atoms with Crippen molar-refractivity contribution in [2.24, 2.45) is 5.92 Å². The molecule has 0 fully saturated rings. The van der Waals surface area contributed by atoms with Crippen LogP contribution in [0.4, 0.5) is 0 Å². The van der Waals surface area contributed by atoms with Crippen molar-refractivity contribution in [2.45, 2.75) is 52.4 Å². The lowest BCUT2D eigenvalue weighted by Gasteiger charge is -2.03. The molecule has 0 rings (SSSR count). The summed E-state index contributed by atoms with van der Waals surface area (Å²) in [6.45, 7) is 4.91. The van der Waals surface area contributed by atoms with Crippen LogP contribution in [0.5, 0.6) is 0 Å². The summed E-state index contributed by atoms with van der Waals surface area (Å²) in [5.41, 5.74) is 0. The van der Waals surface area contributed by atoms with Crippen molar-refractivity contribution >= 4 is 8.60 Å². The third-order valence-corrected chi connectivity index (χ3v) is 1.94. The largest absolute Gasteiger partial charge is 0.396 e. The lowest BCUT2D eigenvalue weighted by molar-refractivity contribution is 0.282. The van der Waals surface area contributed by atoms with Gasteiger partial charge in [0.25, 0.3) is 0 Å². The van der Waals surface area contributed by atoms with Crippen molar-refractivity contribution in [3.05, 3.63) is 0 Å². The molecule has 0 aromatic carbocycles. The van der Waals surface area contributed by atoms with Crippen molar-refractivity contribution in [3.63, 3.8) is 0 Å². The molecular formula is C10H25O4P. The van der Waals surface area contributed by atoms with Crippen LogP contribution in [0.15, 0.2) is 0 Å². The zero-order valence-corrected chi connectivity index (χ0v) is 10.7. The quantitative estimate of drug-likeness (QED) is 0.406. The normalized spacial score (nSPS) is 10.4. The van der Waals surface area contributed by atoms with E-state index in [1.54, 1.807) is 0 Å². The predicted octanol–water partition coefficient (Wildman–Crippen LogP) is 2.17. The van der Waals surface area contributed by atoms with Gasteiger partial charge in [-0.2, -0.15) is 0 Å². The molecule has 0 aliphatic heterocycles. The zero-order valence-electron chi connectivity index (χ0n) is 9.76. The maximum Gasteiger partial charge on any atom is 0.324 e. The van der Waals surface area contributed by atoms with E-state index in [0.29, 0.717) is 6.61 Å². The molecule has 0 amide bonds. The van der Waals surface area contributed by atoms with Crippen LogP contribution in [0.1, 0.15) is 52.4 Å². The highest BCUT2D eigenvalue weighted by Crippen LogP contribution is 2.11. The maximum atomic E-state index is 8.51. The van der Waals surface area contributed by atoms with Gasteiger partial charge in [0.15, 0.2) is 0 Å². The van der Waals surface area contributed by atoms with E-state index >= 15 is 0 Å². The van der Waals surface area contributed by atoms with Gasteiger partial charge in [0.2, 0.25) is 0 Å². The minimum Gasteiger partial charge on any atom is -0.396 e. The molecule has 0 saturated heterocycles. The van der Waals surface area contributed by atoms with Crippen molar-refractivity contribution < 1.29 is 19.8 Å². The fraction of sp³-hybridized carbons (Fsp3) is 1.00. The maximum absolute atomic E-state index is 8.51. The summed E-state index contributed by atoms with van der Waals surface area (Å²) < 4.78 is 0. The fourth-order valence-electron chi connectivity index (χ4n) is 1.19. The molecular weight excluding hydrogens is 215 g/mol. The highest BCUT2D eigenvalue weighted by Gasteiger charge is 1.93. The highest BCUT2D eigenvalue weighted by molar-refractivity contribution is 7.38. The van der Waals surface area contributed by atoms with E-state index in [9.17, 15) is 0 Å². The Balaban J connectivity index is 0. The molecule has 4 nitrogen and oxygen atoms in total. The number of aliphatic hydroxyl groups is 1. The molecule has 0 heterocycles. The van der Waals surface area contributed by atoms with E-state index < -0.39 is 8.60 Å². The topological polar surface area (TPSA) is 80.9 Å². The van der Waals surface area contributed by atoms with Gasteiger partial charge in [-0.25, -0.2) is 0 Å². The van der Waals surface area contributed by atoms with Gasteiger partial charge in [0.1, 0.15) is 0 Å². The molecule has 94 valence electrons. The van der Waals surface area contributed by atoms with Crippen molar-refractivity contribution in [1.82, 2.24) is 0 Å². The molecule has 0 unspecified atom stereocenters. The van der Waals surface area contributed by atoms with Gasteiger partial charge < -0.3 is 19.8 Å². The average molecular weight is 240 g/mol. The third-order valence-electron chi connectivity index (χ3n) is 1.94. The Morgan fingerprint density at radius 2 is 1.27 bits per heavy atom. The Morgan fingerprint density at radius 1 is 0.867 bits per heavy atom. The average Bonchev–Trinajstić information content (AvgIpc) is 2.09. The molecule has 0 atom stereocenters. The van der Waals surface area contributed by atoms with Crippen LogP contribution in [-0.2, 0) is 0 Å². The van der Waals surface area contributed by atoms with Crippen molar-refractivity contribution in [2.75, 3.05) is 6.61 Å².